The summed E-state index contributed by atoms with van der Waals surface area (Å²) in [4.78, 5) is 42.4. The summed E-state index contributed by atoms with van der Waals surface area (Å²) in [7, 11) is 0. The zero-order valence-corrected chi connectivity index (χ0v) is 30.6. The van der Waals surface area contributed by atoms with Gasteiger partial charge in [0.15, 0.2) is 0 Å². The minimum absolute atomic E-state index is 0.00504. The standard InChI is InChI=1S/C40H52N6O2/c1-37(2,3)31(45-35(47)39(7,8)9)33-41-22-30(44-33)27-16-15-23-19-24(13-14-25(23)20-27)26-17-18-28-29(21-26)43-34(42-28)32(38(4,5)6)46-36(48)40(10,11)12/h13-22,31-32H,1-12H3,(H,41,44)(H,42,43)(H,45,47)(H,46,48)/t31-,32?/m1/s1. The van der Waals surface area contributed by atoms with Crippen LogP contribution >= 0.6 is 0 Å². The fourth-order valence-corrected chi connectivity index (χ4v) is 5.65. The number of hydrogen-bond donors (Lipinski definition) is 4. The number of imidazole rings is 2. The lowest BCUT2D eigenvalue weighted by molar-refractivity contribution is -0.130. The molecule has 0 bridgehead atoms. The van der Waals surface area contributed by atoms with Gasteiger partial charge in [-0.05, 0) is 57.0 Å². The van der Waals surface area contributed by atoms with Crippen LogP contribution in [0, 0.1) is 21.7 Å². The van der Waals surface area contributed by atoms with E-state index >= 15 is 0 Å². The molecule has 0 aliphatic carbocycles. The molecule has 5 aromatic rings. The second-order valence-corrected chi connectivity index (χ2v) is 17.4. The third kappa shape index (κ3) is 7.48. The molecule has 0 saturated heterocycles. The molecule has 3 aromatic carbocycles. The number of carbonyl (C=O) groups is 2. The van der Waals surface area contributed by atoms with Gasteiger partial charge in [0.2, 0.25) is 11.8 Å². The number of fused-ring (bicyclic) bond motifs is 2. The average molecular weight is 649 g/mol. The summed E-state index contributed by atoms with van der Waals surface area (Å²) in [5.41, 5.74) is 4.46. The normalized spacial score (nSPS) is 14.2. The lowest BCUT2D eigenvalue weighted by atomic mass is 9.85. The van der Waals surface area contributed by atoms with Gasteiger partial charge in [0, 0.05) is 16.4 Å². The van der Waals surface area contributed by atoms with E-state index in [1.54, 1.807) is 0 Å². The van der Waals surface area contributed by atoms with Crippen LogP contribution in [0.25, 0.3) is 44.2 Å². The minimum atomic E-state index is -0.499. The number of aromatic nitrogens is 4. The van der Waals surface area contributed by atoms with E-state index in [0.29, 0.717) is 0 Å². The predicted molar refractivity (Wildman–Crippen MR) is 196 cm³/mol. The van der Waals surface area contributed by atoms with Crippen LogP contribution in [0.4, 0.5) is 0 Å². The zero-order chi connectivity index (χ0) is 35.4. The first kappa shape index (κ1) is 34.9. The Kier molecular flexibility index (Phi) is 8.87. The number of nitrogens with one attached hydrogen (secondary N) is 4. The molecule has 254 valence electrons. The first-order valence-electron chi connectivity index (χ1n) is 16.8. The highest BCUT2D eigenvalue weighted by Gasteiger charge is 2.35. The Bertz CT molecular complexity index is 1970. The molecule has 8 nitrogen and oxygen atoms in total. The maximum atomic E-state index is 12.9. The maximum absolute atomic E-state index is 12.9. The molecule has 4 N–H and O–H groups in total. The molecule has 2 amide bonds. The van der Waals surface area contributed by atoms with Crippen molar-refractivity contribution in [2.24, 2.45) is 21.7 Å². The molecule has 1 unspecified atom stereocenters. The van der Waals surface area contributed by atoms with Crippen molar-refractivity contribution in [2.45, 2.75) is 95.2 Å². The monoisotopic (exact) mass is 648 g/mol. The second-order valence-electron chi connectivity index (χ2n) is 17.4. The van der Waals surface area contributed by atoms with Crippen LogP contribution in [0.2, 0.25) is 0 Å². The number of benzene rings is 3. The zero-order valence-electron chi connectivity index (χ0n) is 30.6. The Morgan fingerprint density at radius 3 is 1.62 bits per heavy atom. The topological polar surface area (TPSA) is 116 Å². The third-order valence-corrected chi connectivity index (χ3v) is 8.77. The molecule has 0 fully saturated rings. The largest absolute Gasteiger partial charge is 0.345 e. The van der Waals surface area contributed by atoms with Crippen LogP contribution in [-0.2, 0) is 9.59 Å². The molecule has 2 aromatic heterocycles. The first-order valence-corrected chi connectivity index (χ1v) is 16.8. The fourth-order valence-electron chi connectivity index (χ4n) is 5.65. The maximum Gasteiger partial charge on any atom is 0.225 e. The van der Waals surface area contributed by atoms with E-state index in [0.717, 1.165) is 55.8 Å². The van der Waals surface area contributed by atoms with Crippen molar-refractivity contribution in [2.75, 3.05) is 0 Å². The Balaban J connectivity index is 1.41. The summed E-state index contributed by atoms with van der Waals surface area (Å²) < 4.78 is 0. The highest BCUT2D eigenvalue weighted by Crippen LogP contribution is 2.36. The van der Waals surface area contributed by atoms with Crippen molar-refractivity contribution in [1.82, 2.24) is 30.6 Å². The number of aromatic amines is 2. The first-order chi connectivity index (χ1) is 22.1. The molecule has 0 radical (unpaired) electrons. The van der Waals surface area contributed by atoms with Crippen molar-refractivity contribution >= 4 is 33.6 Å². The molecule has 2 heterocycles. The fraction of sp³-hybridized carbons (Fsp3) is 0.450. The van der Waals surface area contributed by atoms with Crippen molar-refractivity contribution in [3.8, 4) is 22.4 Å². The molecular formula is C40H52N6O2. The van der Waals surface area contributed by atoms with Crippen LogP contribution in [0.3, 0.4) is 0 Å². The van der Waals surface area contributed by atoms with E-state index in [-0.39, 0.29) is 34.7 Å². The summed E-state index contributed by atoms with van der Waals surface area (Å²) in [6.45, 7) is 24.2. The quantitative estimate of drug-likeness (QED) is 0.147. The van der Waals surface area contributed by atoms with Crippen LogP contribution in [-0.4, -0.2) is 31.8 Å². The third-order valence-electron chi connectivity index (χ3n) is 8.77. The average Bonchev–Trinajstić information content (AvgIpc) is 3.62. The van der Waals surface area contributed by atoms with Crippen LogP contribution < -0.4 is 10.6 Å². The number of carbonyl (C=O) groups excluding carboxylic acids is 2. The molecule has 0 spiro atoms. The van der Waals surface area contributed by atoms with Gasteiger partial charge in [-0.15, -0.1) is 0 Å². The second kappa shape index (κ2) is 12.2. The molecule has 8 heteroatoms. The summed E-state index contributed by atoms with van der Waals surface area (Å²) in [6, 6.07) is 18.6. The summed E-state index contributed by atoms with van der Waals surface area (Å²) in [5, 5.41) is 8.69. The Labute approximate surface area is 284 Å². The predicted octanol–water partition coefficient (Wildman–Crippen LogP) is 9.27. The summed E-state index contributed by atoms with van der Waals surface area (Å²) >= 11 is 0. The van der Waals surface area contributed by atoms with E-state index in [1.165, 1.54) is 0 Å². The number of amides is 2. The molecule has 0 saturated carbocycles. The minimum Gasteiger partial charge on any atom is -0.345 e. The highest BCUT2D eigenvalue weighted by atomic mass is 16.2. The van der Waals surface area contributed by atoms with Crippen LogP contribution in [0.1, 0.15) is 107 Å². The van der Waals surface area contributed by atoms with Gasteiger partial charge in [0.05, 0.1) is 35.0 Å². The van der Waals surface area contributed by atoms with Gasteiger partial charge < -0.3 is 20.6 Å². The van der Waals surface area contributed by atoms with E-state index in [9.17, 15) is 9.59 Å². The smallest absolute Gasteiger partial charge is 0.225 e. The van der Waals surface area contributed by atoms with E-state index in [2.05, 4.69) is 111 Å². The van der Waals surface area contributed by atoms with Gasteiger partial charge in [0.1, 0.15) is 11.6 Å². The van der Waals surface area contributed by atoms with Crippen molar-refractivity contribution in [3.63, 3.8) is 0 Å². The number of H-pyrrole nitrogens is 2. The van der Waals surface area contributed by atoms with E-state index in [1.807, 2.05) is 53.8 Å². The highest BCUT2D eigenvalue weighted by molar-refractivity contribution is 5.92. The Morgan fingerprint density at radius 1 is 0.604 bits per heavy atom. The molecular weight excluding hydrogens is 596 g/mol. The summed E-state index contributed by atoms with van der Waals surface area (Å²) in [5.74, 6) is 1.49. The van der Waals surface area contributed by atoms with Gasteiger partial charge in [-0.3, -0.25) is 9.59 Å². The molecule has 2 atom stereocenters. The van der Waals surface area contributed by atoms with E-state index < -0.39 is 10.8 Å². The van der Waals surface area contributed by atoms with Crippen molar-refractivity contribution < 1.29 is 9.59 Å². The lowest BCUT2D eigenvalue weighted by Gasteiger charge is -2.32. The van der Waals surface area contributed by atoms with Gasteiger partial charge >= 0.3 is 0 Å². The van der Waals surface area contributed by atoms with Gasteiger partial charge in [-0.1, -0.05) is 113 Å². The van der Waals surface area contributed by atoms with Crippen LogP contribution in [0.15, 0.2) is 60.8 Å². The SMILES string of the molecule is CC(C)(C)C(=O)NC(c1nc2ccc(-c3ccc4cc(-c5cnc([C@@H](NC(=O)C(C)(C)C)C(C)(C)C)[nH]5)ccc4c3)cc2[nH]1)C(C)(C)C. The summed E-state index contributed by atoms with van der Waals surface area (Å²) in [6.07, 6.45) is 1.85. The van der Waals surface area contributed by atoms with Crippen LogP contribution in [0.5, 0.6) is 0 Å². The molecule has 0 aliphatic heterocycles. The number of hydrogen-bond acceptors (Lipinski definition) is 4. The molecule has 5 rings (SSSR count). The Morgan fingerprint density at radius 2 is 1.08 bits per heavy atom. The Hall–Kier alpha value is -4.46. The van der Waals surface area contributed by atoms with Gasteiger partial charge in [-0.25, -0.2) is 9.97 Å². The number of nitrogens with zero attached hydrogens (tertiary/aromatic N) is 2. The van der Waals surface area contributed by atoms with E-state index in [4.69, 9.17) is 9.97 Å². The van der Waals surface area contributed by atoms with Gasteiger partial charge in [-0.2, -0.15) is 0 Å². The van der Waals surface area contributed by atoms with Gasteiger partial charge in [0.25, 0.3) is 0 Å². The number of rotatable bonds is 6. The molecule has 48 heavy (non-hydrogen) atoms. The van der Waals surface area contributed by atoms with Crippen molar-refractivity contribution in [3.05, 3.63) is 72.4 Å². The van der Waals surface area contributed by atoms with Crippen molar-refractivity contribution in [1.29, 1.82) is 0 Å². The molecule has 0 aliphatic rings. The lowest BCUT2D eigenvalue weighted by Crippen LogP contribution is -2.42.